The Morgan fingerprint density at radius 1 is 1.35 bits per heavy atom. The predicted octanol–water partition coefficient (Wildman–Crippen LogP) is 2.45. The molecule has 120 valence electrons. The highest BCUT2D eigenvalue weighted by Gasteiger charge is 2.40. The Labute approximate surface area is 133 Å². The quantitative estimate of drug-likeness (QED) is 0.923. The number of nitrogens with zero attached hydrogens (tertiary/aromatic N) is 1. The van der Waals surface area contributed by atoms with Crippen molar-refractivity contribution in [3.8, 4) is 0 Å². The summed E-state index contributed by atoms with van der Waals surface area (Å²) in [5, 5.41) is 0.435. The van der Waals surface area contributed by atoms with Crippen LogP contribution in [0.15, 0.2) is 29.2 Å². The largest absolute Gasteiger partial charge is 0.447 e. The average Bonchev–Trinajstić information content (AvgIpc) is 2.90. The molecule has 1 aliphatic rings. The van der Waals surface area contributed by atoms with Gasteiger partial charge in [-0.15, -0.1) is 0 Å². The van der Waals surface area contributed by atoms with Gasteiger partial charge in [0, 0.05) is 11.6 Å². The molecule has 1 N–H and O–H groups in total. The molecule has 2 amide bonds. The lowest BCUT2D eigenvalue weighted by molar-refractivity contribution is 0.0750. The first-order valence-corrected chi connectivity index (χ1v) is 7.53. The molecule has 0 saturated carbocycles. The maximum absolute atomic E-state index is 12.7. The Hall–Kier alpha value is -2.63. The Balaban J connectivity index is 2.10. The summed E-state index contributed by atoms with van der Waals surface area (Å²) < 4.78 is 4.98. The second-order valence-corrected chi connectivity index (χ2v) is 6.09. The Kier molecular flexibility index (Phi) is 3.67. The number of hydrogen-bond acceptors (Lipinski definition) is 4. The number of carbonyl (C=O) groups is 2. The monoisotopic (exact) mass is 314 g/mol. The molecule has 0 spiro atoms. The molecule has 23 heavy (non-hydrogen) atoms. The minimum absolute atomic E-state index is 0.0483. The van der Waals surface area contributed by atoms with E-state index in [1.54, 1.807) is 12.1 Å². The number of aryl methyl sites for hydroxylation is 1. The first kappa shape index (κ1) is 15.3. The van der Waals surface area contributed by atoms with E-state index in [-0.39, 0.29) is 29.6 Å². The van der Waals surface area contributed by atoms with Gasteiger partial charge >= 0.3 is 6.09 Å². The summed E-state index contributed by atoms with van der Waals surface area (Å²) in [4.78, 5) is 41.3. The molecule has 2 aromatic rings. The first-order chi connectivity index (χ1) is 10.9. The van der Waals surface area contributed by atoms with Crippen LogP contribution in [0.25, 0.3) is 10.9 Å². The summed E-state index contributed by atoms with van der Waals surface area (Å²) in [6.07, 6.45) is 0.681. The SMILES string of the molecule is Cc1cccc2c(=O)c(C(=O)N3C(=O)OCC3C(C)C)c[nH]c12. The third-order valence-corrected chi connectivity index (χ3v) is 4.25. The second kappa shape index (κ2) is 5.53. The van der Waals surface area contributed by atoms with Gasteiger partial charge in [-0.25, -0.2) is 9.69 Å². The minimum Gasteiger partial charge on any atom is -0.447 e. The molecule has 3 rings (SSSR count). The van der Waals surface area contributed by atoms with Gasteiger partial charge in [-0.2, -0.15) is 0 Å². The van der Waals surface area contributed by atoms with Crippen LogP contribution < -0.4 is 5.43 Å². The molecule has 0 bridgehead atoms. The Morgan fingerprint density at radius 3 is 2.78 bits per heavy atom. The molecule has 6 nitrogen and oxygen atoms in total. The normalized spacial score (nSPS) is 17.8. The smallest absolute Gasteiger partial charge is 0.417 e. The predicted molar refractivity (Wildman–Crippen MR) is 85.4 cm³/mol. The van der Waals surface area contributed by atoms with Crippen molar-refractivity contribution in [2.75, 3.05) is 6.61 Å². The van der Waals surface area contributed by atoms with Gasteiger partial charge in [0.2, 0.25) is 5.43 Å². The number of ether oxygens (including phenoxy) is 1. The van der Waals surface area contributed by atoms with Gasteiger partial charge in [-0.1, -0.05) is 26.0 Å². The summed E-state index contributed by atoms with van der Waals surface area (Å²) in [6.45, 7) is 5.85. The number of nitrogens with one attached hydrogen (secondary N) is 1. The summed E-state index contributed by atoms with van der Waals surface area (Å²) >= 11 is 0. The molecule has 1 aromatic carbocycles. The third kappa shape index (κ3) is 2.40. The number of hydrogen-bond donors (Lipinski definition) is 1. The Bertz CT molecular complexity index is 853. The van der Waals surface area contributed by atoms with Crippen LogP contribution in [0.2, 0.25) is 0 Å². The van der Waals surface area contributed by atoms with Crippen LogP contribution in [0.5, 0.6) is 0 Å². The van der Waals surface area contributed by atoms with Gasteiger partial charge in [-0.05, 0) is 24.5 Å². The molecule has 1 atom stereocenters. The van der Waals surface area contributed by atoms with E-state index < -0.39 is 12.0 Å². The summed E-state index contributed by atoms with van der Waals surface area (Å²) in [5.41, 5.74) is 1.18. The van der Waals surface area contributed by atoms with Gasteiger partial charge in [0.15, 0.2) is 0 Å². The standard InChI is InChI=1S/C17H18N2O4/c1-9(2)13-8-23-17(22)19(13)16(21)12-7-18-14-10(3)5-4-6-11(14)15(12)20/h4-7,9,13H,8H2,1-3H3,(H,18,20). The highest BCUT2D eigenvalue weighted by atomic mass is 16.6. The molecule has 1 aliphatic heterocycles. The first-order valence-electron chi connectivity index (χ1n) is 7.53. The van der Waals surface area contributed by atoms with Gasteiger partial charge in [0.25, 0.3) is 5.91 Å². The number of aromatic nitrogens is 1. The fourth-order valence-corrected chi connectivity index (χ4v) is 2.85. The van der Waals surface area contributed by atoms with Crippen molar-refractivity contribution in [2.45, 2.75) is 26.8 Å². The minimum atomic E-state index is -0.697. The van der Waals surface area contributed by atoms with Crippen molar-refractivity contribution in [3.05, 3.63) is 45.7 Å². The van der Waals surface area contributed by atoms with Crippen LogP contribution in [0.4, 0.5) is 4.79 Å². The van der Waals surface area contributed by atoms with E-state index in [9.17, 15) is 14.4 Å². The maximum Gasteiger partial charge on any atom is 0.417 e. The number of para-hydroxylation sites is 1. The van der Waals surface area contributed by atoms with E-state index >= 15 is 0 Å². The number of pyridine rings is 1. The van der Waals surface area contributed by atoms with Crippen LogP contribution in [-0.2, 0) is 4.74 Å². The van der Waals surface area contributed by atoms with Crippen LogP contribution in [0.3, 0.4) is 0 Å². The van der Waals surface area contributed by atoms with Crippen LogP contribution in [-0.4, -0.2) is 34.5 Å². The molecule has 0 radical (unpaired) electrons. The molecular weight excluding hydrogens is 296 g/mol. The lowest BCUT2D eigenvalue weighted by Gasteiger charge is -2.22. The van der Waals surface area contributed by atoms with E-state index in [1.165, 1.54) is 6.20 Å². The van der Waals surface area contributed by atoms with Gasteiger partial charge in [0.1, 0.15) is 12.2 Å². The zero-order valence-corrected chi connectivity index (χ0v) is 13.3. The number of cyclic esters (lactones) is 1. The lowest BCUT2D eigenvalue weighted by Crippen LogP contribution is -2.43. The molecule has 6 heteroatoms. The number of imide groups is 1. The van der Waals surface area contributed by atoms with Gasteiger partial charge in [-0.3, -0.25) is 9.59 Å². The summed E-state index contributed by atoms with van der Waals surface area (Å²) in [6, 6.07) is 4.96. The third-order valence-electron chi connectivity index (χ3n) is 4.25. The van der Waals surface area contributed by atoms with Crippen molar-refractivity contribution in [3.63, 3.8) is 0 Å². The molecule has 0 aliphatic carbocycles. The van der Waals surface area contributed by atoms with Crippen LogP contribution in [0, 0.1) is 12.8 Å². The summed E-state index contributed by atoms with van der Waals surface area (Å²) in [5.74, 6) is -0.567. The number of aromatic amines is 1. The zero-order chi connectivity index (χ0) is 16.7. The number of benzene rings is 1. The van der Waals surface area contributed by atoms with Crippen molar-refractivity contribution in [1.82, 2.24) is 9.88 Å². The molecule has 1 saturated heterocycles. The Morgan fingerprint density at radius 2 is 2.09 bits per heavy atom. The van der Waals surface area contributed by atoms with E-state index in [4.69, 9.17) is 4.74 Å². The van der Waals surface area contributed by atoms with Crippen molar-refractivity contribution >= 4 is 22.9 Å². The highest BCUT2D eigenvalue weighted by molar-refractivity contribution is 6.05. The molecule has 1 unspecified atom stereocenters. The number of carbonyl (C=O) groups excluding carboxylic acids is 2. The summed E-state index contributed by atoms with van der Waals surface area (Å²) in [7, 11) is 0. The van der Waals surface area contributed by atoms with E-state index in [1.807, 2.05) is 26.8 Å². The molecule has 1 aromatic heterocycles. The van der Waals surface area contributed by atoms with E-state index in [2.05, 4.69) is 4.98 Å². The second-order valence-electron chi connectivity index (χ2n) is 6.09. The highest BCUT2D eigenvalue weighted by Crippen LogP contribution is 2.22. The fourth-order valence-electron chi connectivity index (χ4n) is 2.85. The van der Waals surface area contributed by atoms with Gasteiger partial charge < -0.3 is 9.72 Å². The average molecular weight is 314 g/mol. The number of rotatable bonds is 2. The van der Waals surface area contributed by atoms with E-state index in [0.29, 0.717) is 10.9 Å². The lowest BCUT2D eigenvalue weighted by atomic mass is 10.0. The van der Waals surface area contributed by atoms with Crippen molar-refractivity contribution in [1.29, 1.82) is 0 Å². The van der Waals surface area contributed by atoms with E-state index in [0.717, 1.165) is 10.5 Å². The zero-order valence-electron chi connectivity index (χ0n) is 13.3. The molecular formula is C17H18N2O4. The maximum atomic E-state index is 12.7. The van der Waals surface area contributed by atoms with Gasteiger partial charge in [0.05, 0.1) is 11.6 Å². The van der Waals surface area contributed by atoms with Crippen LogP contribution >= 0.6 is 0 Å². The van der Waals surface area contributed by atoms with Crippen molar-refractivity contribution < 1.29 is 14.3 Å². The number of fused-ring (bicyclic) bond motifs is 1. The van der Waals surface area contributed by atoms with Crippen LogP contribution in [0.1, 0.15) is 29.8 Å². The molecule has 1 fully saturated rings. The number of amides is 2. The topological polar surface area (TPSA) is 79.5 Å². The molecule has 2 heterocycles. The fraction of sp³-hybridized carbons (Fsp3) is 0.353. The number of H-pyrrole nitrogens is 1. The van der Waals surface area contributed by atoms with Crippen molar-refractivity contribution in [2.24, 2.45) is 5.92 Å².